The van der Waals surface area contributed by atoms with Crippen molar-refractivity contribution in [3.63, 3.8) is 0 Å². The zero-order chi connectivity index (χ0) is 21.3. The molecule has 0 radical (unpaired) electrons. The molecule has 0 saturated heterocycles. The molecule has 1 nitrogen and oxygen atoms in total. The van der Waals surface area contributed by atoms with Crippen LogP contribution in [0.5, 0.6) is 5.75 Å². The van der Waals surface area contributed by atoms with E-state index in [1.807, 2.05) is 6.08 Å². The van der Waals surface area contributed by atoms with Gasteiger partial charge in [-0.15, -0.1) is 6.58 Å². The Kier molecular flexibility index (Phi) is 9.21. The van der Waals surface area contributed by atoms with Crippen LogP contribution in [0.25, 0.3) is 0 Å². The van der Waals surface area contributed by atoms with E-state index in [1.54, 1.807) is 12.1 Å². The fourth-order valence-corrected chi connectivity index (χ4v) is 5.71. The average Bonchev–Trinajstić information content (AvgIpc) is 2.78. The fourth-order valence-electron chi connectivity index (χ4n) is 5.71. The van der Waals surface area contributed by atoms with Crippen molar-refractivity contribution in [1.82, 2.24) is 0 Å². The largest absolute Gasteiger partial charge is 0.490 e. The van der Waals surface area contributed by atoms with Crippen molar-refractivity contribution in [1.29, 1.82) is 0 Å². The number of benzene rings is 1. The molecule has 0 N–H and O–H groups in total. The van der Waals surface area contributed by atoms with Crippen LogP contribution in [0.15, 0.2) is 24.8 Å². The molecule has 0 amide bonds. The molecule has 0 atom stereocenters. The van der Waals surface area contributed by atoms with Crippen molar-refractivity contribution >= 4 is 0 Å². The molecule has 0 spiro atoms. The van der Waals surface area contributed by atoms with E-state index in [9.17, 15) is 8.78 Å². The van der Waals surface area contributed by atoms with Crippen molar-refractivity contribution in [3.05, 3.63) is 42.0 Å². The Bertz CT molecular complexity index is 655. The number of rotatable bonds is 10. The second-order valence-corrected chi connectivity index (χ2v) is 9.59. The molecule has 2 aliphatic carbocycles. The summed E-state index contributed by atoms with van der Waals surface area (Å²) in [6, 6.07) is 3.40. The van der Waals surface area contributed by atoms with E-state index in [0.29, 0.717) is 12.2 Å². The second kappa shape index (κ2) is 11.9. The third kappa shape index (κ3) is 6.08. The molecule has 0 aromatic heterocycles. The normalized spacial score (nSPS) is 27.0. The summed E-state index contributed by atoms with van der Waals surface area (Å²) >= 11 is 0. The van der Waals surface area contributed by atoms with E-state index >= 15 is 0 Å². The topological polar surface area (TPSA) is 9.23 Å². The number of halogens is 2. The van der Waals surface area contributed by atoms with Crippen LogP contribution in [0.1, 0.15) is 102 Å². The minimum absolute atomic E-state index is 0.0641. The Balaban J connectivity index is 1.49. The molecule has 168 valence electrons. The van der Waals surface area contributed by atoms with Crippen LogP contribution < -0.4 is 4.74 Å². The molecule has 2 saturated carbocycles. The fraction of sp³-hybridized carbons (Fsp3) is 0.704. The zero-order valence-corrected chi connectivity index (χ0v) is 18.8. The van der Waals surface area contributed by atoms with Gasteiger partial charge in [-0.2, -0.15) is 4.39 Å². The molecule has 3 rings (SSSR count). The zero-order valence-electron chi connectivity index (χ0n) is 18.8. The number of allylic oxidation sites excluding steroid dienone is 1. The quantitative estimate of drug-likeness (QED) is 0.273. The Morgan fingerprint density at radius 2 is 1.60 bits per heavy atom. The summed E-state index contributed by atoms with van der Waals surface area (Å²) in [6.07, 6.45) is 17.2. The van der Waals surface area contributed by atoms with Gasteiger partial charge in [0, 0.05) is 0 Å². The summed E-state index contributed by atoms with van der Waals surface area (Å²) in [5.74, 6) is 1.22. The molecule has 3 heteroatoms. The first-order valence-corrected chi connectivity index (χ1v) is 12.4. The summed E-state index contributed by atoms with van der Waals surface area (Å²) in [5.41, 5.74) is 0.556. The minimum Gasteiger partial charge on any atom is -0.490 e. The predicted octanol–water partition coefficient (Wildman–Crippen LogP) is 8.58. The third-order valence-corrected chi connectivity index (χ3v) is 7.63. The third-order valence-electron chi connectivity index (χ3n) is 7.63. The van der Waals surface area contributed by atoms with Gasteiger partial charge >= 0.3 is 0 Å². The second-order valence-electron chi connectivity index (χ2n) is 9.59. The van der Waals surface area contributed by atoms with E-state index < -0.39 is 11.6 Å². The summed E-state index contributed by atoms with van der Waals surface area (Å²) in [4.78, 5) is 0. The first kappa shape index (κ1) is 23.3. The van der Waals surface area contributed by atoms with Crippen LogP contribution in [0.3, 0.4) is 0 Å². The predicted molar refractivity (Wildman–Crippen MR) is 121 cm³/mol. The highest BCUT2D eigenvalue weighted by atomic mass is 19.2. The summed E-state index contributed by atoms with van der Waals surface area (Å²) in [6.45, 7) is 6.40. The molecular weight excluding hydrogens is 378 g/mol. The molecule has 2 fully saturated rings. The number of hydrogen-bond acceptors (Lipinski definition) is 1. The number of ether oxygens (including phenoxy) is 1. The molecule has 0 aliphatic heterocycles. The molecule has 0 bridgehead atoms. The lowest BCUT2D eigenvalue weighted by Gasteiger charge is -2.38. The summed E-state index contributed by atoms with van der Waals surface area (Å²) < 4.78 is 34.7. The lowest BCUT2D eigenvalue weighted by Crippen LogP contribution is -2.25. The monoisotopic (exact) mass is 418 g/mol. The molecule has 0 unspecified atom stereocenters. The van der Waals surface area contributed by atoms with E-state index in [2.05, 4.69) is 13.5 Å². The van der Waals surface area contributed by atoms with Crippen molar-refractivity contribution in [3.8, 4) is 5.75 Å². The lowest BCUT2D eigenvalue weighted by atomic mass is 9.68. The van der Waals surface area contributed by atoms with Crippen molar-refractivity contribution < 1.29 is 13.5 Å². The van der Waals surface area contributed by atoms with Crippen molar-refractivity contribution in [2.24, 2.45) is 17.8 Å². The highest BCUT2D eigenvalue weighted by molar-refractivity contribution is 5.33. The number of hydrogen-bond donors (Lipinski definition) is 0. The molecule has 1 aromatic rings. The first-order valence-electron chi connectivity index (χ1n) is 12.4. The van der Waals surface area contributed by atoms with E-state index in [4.69, 9.17) is 4.74 Å². The smallest absolute Gasteiger partial charge is 0.200 e. The van der Waals surface area contributed by atoms with Gasteiger partial charge < -0.3 is 4.74 Å². The van der Waals surface area contributed by atoms with Crippen molar-refractivity contribution in [2.75, 3.05) is 6.61 Å². The van der Waals surface area contributed by atoms with Gasteiger partial charge in [0.25, 0.3) is 0 Å². The maximum absolute atomic E-state index is 14.8. The molecular formula is C27H40F2O. The Hall–Kier alpha value is -1.38. The standard InChI is InChI=1S/C27H40F2O/c1-3-5-7-19-30-25-18-17-24(26(28)27(25)29)23-15-13-22(14-16-23)21-11-9-20(10-12-21)8-6-4-2/h4,17-18,20-23H,2-3,5-16,19H2,1H3. The van der Waals surface area contributed by atoms with Gasteiger partial charge in [0.15, 0.2) is 11.6 Å². The van der Waals surface area contributed by atoms with Crippen LogP contribution in [0.2, 0.25) is 0 Å². The molecule has 30 heavy (non-hydrogen) atoms. The van der Waals surface area contributed by atoms with Crippen molar-refractivity contribution in [2.45, 2.75) is 96.3 Å². The SMILES string of the molecule is C=CCCC1CCC(C2CCC(c3ccc(OCCCCC)c(F)c3F)CC2)CC1. The summed E-state index contributed by atoms with van der Waals surface area (Å²) in [7, 11) is 0. The van der Waals surface area contributed by atoms with Gasteiger partial charge in [-0.1, -0.05) is 44.7 Å². The Morgan fingerprint density at radius 1 is 0.933 bits per heavy atom. The van der Waals surface area contributed by atoms with Gasteiger partial charge in [-0.05, 0) is 93.1 Å². The maximum Gasteiger partial charge on any atom is 0.200 e. The van der Waals surface area contributed by atoms with Gasteiger partial charge in [0.05, 0.1) is 6.61 Å². The highest BCUT2D eigenvalue weighted by Crippen LogP contribution is 2.45. The van der Waals surface area contributed by atoms with Crippen LogP contribution in [-0.2, 0) is 0 Å². The van der Waals surface area contributed by atoms with Gasteiger partial charge in [0.1, 0.15) is 0 Å². The van der Waals surface area contributed by atoms with Crippen LogP contribution in [0.4, 0.5) is 8.78 Å². The first-order chi connectivity index (χ1) is 14.6. The van der Waals surface area contributed by atoms with Gasteiger partial charge in [-0.3, -0.25) is 0 Å². The van der Waals surface area contributed by atoms with Crippen LogP contribution in [-0.4, -0.2) is 6.61 Å². The van der Waals surface area contributed by atoms with Crippen LogP contribution in [0, 0.1) is 29.4 Å². The summed E-state index contributed by atoms with van der Waals surface area (Å²) in [5, 5.41) is 0. The molecule has 2 aliphatic rings. The molecule has 0 heterocycles. The minimum atomic E-state index is -0.802. The maximum atomic E-state index is 14.8. The lowest BCUT2D eigenvalue weighted by molar-refractivity contribution is 0.156. The Morgan fingerprint density at radius 3 is 2.23 bits per heavy atom. The van der Waals surface area contributed by atoms with Gasteiger partial charge in [0.2, 0.25) is 5.82 Å². The molecule has 1 aromatic carbocycles. The number of unbranched alkanes of at least 4 members (excludes halogenated alkanes) is 2. The average molecular weight is 419 g/mol. The Labute approximate surface area is 182 Å². The van der Waals surface area contributed by atoms with Gasteiger partial charge in [-0.25, -0.2) is 4.39 Å². The van der Waals surface area contributed by atoms with E-state index in [0.717, 1.165) is 69.1 Å². The van der Waals surface area contributed by atoms with E-state index in [-0.39, 0.29) is 11.7 Å². The van der Waals surface area contributed by atoms with E-state index in [1.165, 1.54) is 32.1 Å². The van der Waals surface area contributed by atoms with Crippen LogP contribution >= 0.6 is 0 Å². The highest BCUT2D eigenvalue weighted by Gasteiger charge is 2.32.